The number of nitrogens with one attached hydrogen (secondary N) is 2. The SMILES string of the molecule is CC(C)CC(NC(=O)C(N)CCCCN)C(=O)NC(C(=O)N1CCCC1C(=O)O)C(C)O. The van der Waals surface area contributed by atoms with E-state index in [4.69, 9.17) is 11.5 Å². The van der Waals surface area contributed by atoms with E-state index in [-0.39, 0.29) is 12.5 Å². The van der Waals surface area contributed by atoms with Gasteiger partial charge in [0, 0.05) is 6.54 Å². The minimum absolute atomic E-state index is 0.0511. The first-order valence-electron chi connectivity index (χ1n) is 11.3. The maximum Gasteiger partial charge on any atom is 0.326 e. The zero-order valence-corrected chi connectivity index (χ0v) is 19.3. The second-order valence-electron chi connectivity index (χ2n) is 8.84. The smallest absolute Gasteiger partial charge is 0.326 e. The summed E-state index contributed by atoms with van der Waals surface area (Å²) >= 11 is 0. The zero-order chi connectivity index (χ0) is 24.4. The Balaban J connectivity index is 2.89. The van der Waals surface area contributed by atoms with Gasteiger partial charge in [-0.15, -0.1) is 0 Å². The summed E-state index contributed by atoms with van der Waals surface area (Å²) in [7, 11) is 0. The molecule has 0 aliphatic carbocycles. The van der Waals surface area contributed by atoms with Gasteiger partial charge in [-0.05, 0) is 51.5 Å². The number of carboxylic acid groups (broad SMARTS) is 1. The molecule has 1 saturated heterocycles. The number of aliphatic carboxylic acids is 1. The van der Waals surface area contributed by atoms with Gasteiger partial charge < -0.3 is 37.2 Å². The average Bonchev–Trinajstić information content (AvgIpc) is 3.20. The van der Waals surface area contributed by atoms with E-state index in [0.717, 1.165) is 6.42 Å². The molecule has 1 rings (SSSR count). The van der Waals surface area contributed by atoms with Crippen LogP contribution in [-0.4, -0.2) is 82.2 Å². The van der Waals surface area contributed by atoms with Crippen molar-refractivity contribution in [1.29, 1.82) is 0 Å². The fourth-order valence-electron chi connectivity index (χ4n) is 3.73. The second kappa shape index (κ2) is 13.3. The van der Waals surface area contributed by atoms with Crippen LogP contribution in [0.4, 0.5) is 0 Å². The highest BCUT2D eigenvalue weighted by atomic mass is 16.4. The van der Waals surface area contributed by atoms with E-state index >= 15 is 0 Å². The van der Waals surface area contributed by atoms with Crippen molar-refractivity contribution in [3.05, 3.63) is 0 Å². The summed E-state index contributed by atoms with van der Waals surface area (Å²) in [6, 6.07) is -4.06. The molecule has 1 aliphatic heterocycles. The Morgan fingerprint density at radius 3 is 2.28 bits per heavy atom. The van der Waals surface area contributed by atoms with Gasteiger partial charge in [0.2, 0.25) is 17.7 Å². The van der Waals surface area contributed by atoms with Gasteiger partial charge in [0.1, 0.15) is 18.1 Å². The number of unbranched alkanes of at least 4 members (excludes halogenated alkanes) is 1. The number of likely N-dealkylation sites (tertiary alicyclic amines) is 1. The van der Waals surface area contributed by atoms with Gasteiger partial charge in [-0.25, -0.2) is 4.79 Å². The summed E-state index contributed by atoms with van der Waals surface area (Å²) in [5.74, 6) is -2.85. The lowest BCUT2D eigenvalue weighted by molar-refractivity contribution is -0.150. The van der Waals surface area contributed by atoms with Gasteiger partial charge in [-0.3, -0.25) is 14.4 Å². The van der Waals surface area contributed by atoms with E-state index in [9.17, 15) is 29.4 Å². The summed E-state index contributed by atoms with van der Waals surface area (Å²) < 4.78 is 0. The first kappa shape index (κ1) is 27.8. The summed E-state index contributed by atoms with van der Waals surface area (Å²) in [6.45, 7) is 5.84. The molecule has 5 unspecified atom stereocenters. The Morgan fingerprint density at radius 1 is 1.09 bits per heavy atom. The predicted octanol–water partition coefficient (Wildman–Crippen LogP) is -1.09. The number of carboxylic acids is 1. The quantitative estimate of drug-likeness (QED) is 0.188. The van der Waals surface area contributed by atoms with Gasteiger partial charge in [-0.1, -0.05) is 20.3 Å². The molecule has 1 fully saturated rings. The van der Waals surface area contributed by atoms with Gasteiger partial charge in [0.15, 0.2) is 0 Å². The zero-order valence-electron chi connectivity index (χ0n) is 19.3. The van der Waals surface area contributed by atoms with Crippen LogP contribution < -0.4 is 22.1 Å². The van der Waals surface area contributed by atoms with Gasteiger partial charge in [0.25, 0.3) is 0 Å². The fourth-order valence-corrected chi connectivity index (χ4v) is 3.73. The highest BCUT2D eigenvalue weighted by molar-refractivity contribution is 5.94. The maximum absolute atomic E-state index is 13.0. The van der Waals surface area contributed by atoms with Crippen LogP contribution in [0, 0.1) is 5.92 Å². The molecule has 1 heterocycles. The summed E-state index contributed by atoms with van der Waals surface area (Å²) in [5.41, 5.74) is 11.4. The highest BCUT2D eigenvalue weighted by Gasteiger charge is 2.40. The Kier molecular flexibility index (Phi) is 11.6. The van der Waals surface area contributed by atoms with Crippen LogP contribution in [0.15, 0.2) is 0 Å². The molecule has 11 heteroatoms. The van der Waals surface area contributed by atoms with Gasteiger partial charge >= 0.3 is 5.97 Å². The van der Waals surface area contributed by atoms with Crippen LogP contribution in [0.2, 0.25) is 0 Å². The van der Waals surface area contributed by atoms with Crippen LogP contribution in [0.1, 0.15) is 59.3 Å². The van der Waals surface area contributed by atoms with E-state index in [0.29, 0.717) is 38.6 Å². The monoisotopic (exact) mass is 457 g/mol. The van der Waals surface area contributed by atoms with Crippen LogP contribution in [0.25, 0.3) is 0 Å². The molecule has 184 valence electrons. The van der Waals surface area contributed by atoms with Gasteiger partial charge in [-0.2, -0.15) is 0 Å². The predicted molar refractivity (Wildman–Crippen MR) is 118 cm³/mol. The maximum atomic E-state index is 13.0. The minimum atomic E-state index is -1.33. The molecule has 0 aromatic rings. The van der Waals surface area contributed by atoms with E-state index in [1.54, 1.807) is 0 Å². The van der Waals surface area contributed by atoms with Crippen molar-refractivity contribution in [1.82, 2.24) is 15.5 Å². The van der Waals surface area contributed by atoms with Crippen molar-refractivity contribution in [3.63, 3.8) is 0 Å². The topological polar surface area (TPSA) is 188 Å². The van der Waals surface area contributed by atoms with Crippen LogP contribution in [0.3, 0.4) is 0 Å². The lowest BCUT2D eigenvalue weighted by atomic mass is 10.0. The lowest BCUT2D eigenvalue weighted by Crippen LogP contribution is -2.60. The molecule has 1 aliphatic rings. The molecule has 0 bridgehead atoms. The Labute approximate surface area is 189 Å². The molecule has 0 aromatic carbocycles. The van der Waals surface area contributed by atoms with Crippen LogP contribution in [-0.2, 0) is 19.2 Å². The molecule has 0 aromatic heterocycles. The summed E-state index contributed by atoms with van der Waals surface area (Å²) in [4.78, 5) is 51.0. The minimum Gasteiger partial charge on any atom is -0.480 e. The Morgan fingerprint density at radius 2 is 1.75 bits per heavy atom. The second-order valence-corrected chi connectivity index (χ2v) is 8.84. The number of amides is 3. The van der Waals surface area contributed by atoms with Crippen LogP contribution >= 0.6 is 0 Å². The van der Waals surface area contributed by atoms with E-state index in [2.05, 4.69) is 10.6 Å². The number of hydrogen-bond acceptors (Lipinski definition) is 7. The number of nitrogens with two attached hydrogens (primary N) is 2. The summed E-state index contributed by atoms with van der Waals surface area (Å²) in [5, 5.41) is 24.6. The Bertz CT molecular complexity index is 657. The highest BCUT2D eigenvalue weighted by Crippen LogP contribution is 2.19. The van der Waals surface area contributed by atoms with E-state index < -0.39 is 54.0 Å². The van der Waals surface area contributed by atoms with Crippen molar-refractivity contribution in [2.24, 2.45) is 17.4 Å². The number of rotatable bonds is 13. The van der Waals surface area contributed by atoms with Crippen molar-refractivity contribution in [2.75, 3.05) is 13.1 Å². The van der Waals surface area contributed by atoms with E-state index in [1.807, 2.05) is 13.8 Å². The van der Waals surface area contributed by atoms with Crippen LogP contribution in [0.5, 0.6) is 0 Å². The van der Waals surface area contributed by atoms with Crippen molar-refractivity contribution >= 4 is 23.7 Å². The molecule has 11 nitrogen and oxygen atoms in total. The lowest BCUT2D eigenvalue weighted by Gasteiger charge is -2.30. The largest absolute Gasteiger partial charge is 0.480 e. The van der Waals surface area contributed by atoms with Crippen molar-refractivity contribution < 1.29 is 29.4 Å². The third kappa shape index (κ3) is 8.36. The third-order valence-electron chi connectivity index (χ3n) is 5.51. The van der Waals surface area contributed by atoms with E-state index in [1.165, 1.54) is 11.8 Å². The standard InChI is InChI=1S/C21H39N5O6/c1-12(2)11-15(24-18(28)14(23)7-4-5-9-22)19(29)25-17(13(3)27)20(30)26-10-6-8-16(26)21(31)32/h12-17,27H,4-11,22-23H2,1-3H3,(H,24,28)(H,25,29)(H,31,32). The molecule has 0 saturated carbocycles. The molecular weight excluding hydrogens is 418 g/mol. The number of carbonyl (C=O) groups is 4. The van der Waals surface area contributed by atoms with Crippen molar-refractivity contribution in [2.45, 2.75) is 89.6 Å². The normalized spacial score (nSPS) is 19.8. The Hall–Kier alpha value is -2.24. The molecule has 3 amide bonds. The number of hydrogen-bond donors (Lipinski definition) is 6. The number of aliphatic hydroxyl groups is 1. The van der Waals surface area contributed by atoms with Gasteiger partial charge in [0.05, 0.1) is 12.1 Å². The first-order chi connectivity index (χ1) is 15.0. The number of nitrogens with zero attached hydrogens (tertiary/aromatic N) is 1. The number of aliphatic hydroxyl groups excluding tert-OH is 1. The molecule has 0 radical (unpaired) electrons. The fraction of sp³-hybridized carbons (Fsp3) is 0.810. The molecule has 8 N–H and O–H groups in total. The number of carbonyl (C=O) groups excluding carboxylic acids is 3. The first-order valence-corrected chi connectivity index (χ1v) is 11.3. The molecular formula is C21H39N5O6. The molecule has 5 atom stereocenters. The van der Waals surface area contributed by atoms with Crippen molar-refractivity contribution in [3.8, 4) is 0 Å². The average molecular weight is 458 g/mol. The summed E-state index contributed by atoms with van der Waals surface area (Å²) in [6.07, 6.45) is 1.74. The molecule has 0 spiro atoms. The third-order valence-corrected chi connectivity index (χ3v) is 5.51. The molecule has 32 heavy (non-hydrogen) atoms.